The van der Waals surface area contributed by atoms with Crippen LogP contribution in [0.2, 0.25) is 0 Å². The fourth-order valence-electron chi connectivity index (χ4n) is 1.81. The zero-order valence-electron chi connectivity index (χ0n) is 10.7. The molecular weight excluding hydrogens is 306 g/mol. The standard InChI is InChI=1S/C13H16BrN5/c1-2-9-5-3-4-6-10(9)7-16-12-11(14)8-17-13(18-12)19-15/h3-6,8H,2,7,15H2,1H3,(H2,16,17,18,19). The van der Waals surface area contributed by atoms with Crippen molar-refractivity contribution in [2.24, 2.45) is 5.84 Å². The lowest BCUT2D eigenvalue weighted by Gasteiger charge is -2.11. The molecule has 0 saturated carbocycles. The molecule has 1 aromatic carbocycles. The Kier molecular flexibility index (Phi) is 4.70. The Hall–Kier alpha value is -1.66. The molecule has 0 unspecified atom stereocenters. The molecule has 6 heteroatoms. The third-order valence-electron chi connectivity index (χ3n) is 2.82. The minimum absolute atomic E-state index is 0.384. The number of hydrogen-bond donors (Lipinski definition) is 3. The Balaban J connectivity index is 2.14. The molecule has 0 bridgehead atoms. The maximum Gasteiger partial charge on any atom is 0.239 e. The number of anilines is 2. The molecular formula is C13H16BrN5. The number of benzene rings is 1. The molecule has 0 spiro atoms. The summed E-state index contributed by atoms with van der Waals surface area (Å²) in [6.07, 6.45) is 2.68. The highest BCUT2D eigenvalue weighted by molar-refractivity contribution is 9.10. The Morgan fingerprint density at radius 1 is 1.26 bits per heavy atom. The fourth-order valence-corrected chi connectivity index (χ4v) is 2.15. The number of nitrogens with two attached hydrogens (primary N) is 1. The lowest BCUT2D eigenvalue weighted by Crippen LogP contribution is -2.12. The molecule has 0 saturated heterocycles. The summed E-state index contributed by atoms with van der Waals surface area (Å²) >= 11 is 3.41. The Labute approximate surface area is 120 Å². The molecule has 0 aliphatic carbocycles. The van der Waals surface area contributed by atoms with Crippen LogP contribution in [0.15, 0.2) is 34.9 Å². The van der Waals surface area contributed by atoms with Crippen LogP contribution in [0.4, 0.5) is 11.8 Å². The molecule has 100 valence electrons. The molecule has 0 aliphatic heterocycles. The number of hydrogen-bond acceptors (Lipinski definition) is 5. The van der Waals surface area contributed by atoms with Gasteiger partial charge in [0.05, 0.1) is 4.47 Å². The van der Waals surface area contributed by atoms with Crippen LogP contribution in [0.3, 0.4) is 0 Å². The first-order chi connectivity index (χ1) is 9.24. The van der Waals surface area contributed by atoms with Gasteiger partial charge in [0.1, 0.15) is 5.82 Å². The van der Waals surface area contributed by atoms with Crippen molar-refractivity contribution in [3.63, 3.8) is 0 Å². The van der Waals surface area contributed by atoms with Crippen LogP contribution in [0, 0.1) is 0 Å². The van der Waals surface area contributed by atoms with Gasteiger partial charge in [0.25, 0.3) is 0 Å². The number of rotatable bonds is 5. The van der Waals surface area contributed by atoms with Crippen molar-refractivity contribution in [1.29, 1.82) is 0 Å². The molecule has 0 amide bonds. The van der Waals surface area contributed by atoms with E-state index in [4.69, 9.17) is 5.84 Å². The van der Waals surface area contributed by atoms with Gasteiger partial charge in [-0.25, -0.2) is 10.8 Å². The number of aromatic nitrogens is 2. The Morgan fingerprint density at radius 3 is 2.68 bits per heavy atom. The summed E-state index contributed by atoms with van der Waals surface area (Å²) in [5.41, 5.74) is 5.02. The molecule has 4 N–H and O–H groups in total. The normalized spacial score (nSPS) is 10.3. The van der Waals surface area contributed by atoms with Crippen LogP contribution in [-0.4, -0.2) is 9.97 Å². The monoisotopic (exact) mass is 321 g/mol. The molecule has 2 aromatic rings. The molecule has 0 fully saturated rings. The van der Waals surface area contributed by atoms with E-state index in [1.165, 1.54) is 11.1 Å². The lowest BCUT2D eigenvalue weighted by molar-refractivity contribution is 1.02. The molecule has 1 aromatic heterocycles. The van der Waals surface area contributed by atoms with E-state index in [-0.39, 0.29) is 0 Å². The molecule has 0 atom stereocenters. The maximum atomic E-state index is 5.30. The molecule has 2 rings (SSSR count). The van der Waals surface area contributed by atoms with Gasteiger partial charge in [0.15, 0.2) is 0 Å². The minimum Gasteiger partial charge on any atom is -0.365 e. The first kappa shape index (κ1) is 13.8. The third kappa shape index (κ3) is 3.42. The van der Waals surface area contributed by atoms with E-state index in [1.54, 1.807) is 6.20 Å². The number of hydrazine groups is 1. The van der Waals surface area contributed by atoms with Crippen molar-refractivity contribution >= 4 is 27.7 Å². The van der Waals surface area contributed by atoms with Gasteiger partial charge < -0.3 is 5.32 Å². The molecule has 1 heterocycles. The van der Waals surface area contributed by atoms with Crippen molar-refractivity contribution < 1.29 is 0 Å². The molecule has 0 radical (unpaired) electrons. The summed E-state index contributed by atoms with van der Waals surface area (Å²) in [4.78, 5) is 8.27. The largest absolute Gasteiger partial charge is 0.365 e. The summed E-state index contributed by atoms with van der Waals surface area (Å²) < 4.78 is 0.806. The van der Waals surface area contributed by atoms with Gasteiger partial charge in [-0.1, -0.05) is 31.2 Å². The summed E-state index contributed by atoms with van der Waals surface area (Å²) in [6.45, 7) is 2.86. The highest BCUT2D eigenvalue weighted by Crippen LogP contribution is 2.21. The van der Waals surface area contributed by atoms with Gasteiger partial charge in [-0.2, -0.15) is 4.98 Å². The fraction of sp³-hybridized carbons (Fsp3) is 0.231. The van der Waals surface area contributed by atoms with Crippen LogP contribution in [0.25, 0.3) is 0 Å². The van der Waals surface area contributed by atoms with E-state index in [9.17, 15) is 0 Å². The van der Waals surface area contributed by atoms with E-state index in [2.05, 4.69) is 61.8 Å². The number of aryl methyl sites for hydroxylation is 1. The maximum absolute atomic E-state index is 5.30. The first-order valence-electron chi connectivity index (χ1n) is 6.04. The second-order valence-corrected chi connectivity index (χ2v) is 4.86. The van der Waals surface area contributed by atoms with Gasteiger partial charge in [-0.15, -0.1) is 0 Å². The Morgan fingerprint density at radius 2 is 2.00 bits per heavy atom. The van der Waals surface area contributed by atoms with Gasteiger partial charge in [0, 0.05) is 12.7 Å². The smallest absolute Gasteiger partial charge is 0.239 e. The van der Waals surface area contributed by atoms with E-state index in [0.29, 0.717) is 18.3 Å². The van der Waals surface area contributed by atoms with Crippen molar-refractivity contribution in [3.05, 3.63) is 46.1 Å². The first-order valence-corrected chi connectivity index (χ1v) is 6.83. The van der Waals surface area contributed by atoms with Crippen molar-refractivity contribution in [1.82, 2.24) is 9.97 Å². The lowest BCUT2D eigenvalue weighted by atomic mass is 10.1. The average Bonchev–Trinajstić information content (AvgIpc) is 2.46. The zero-order chi connectivity index (χ0) is 13.7. The van der Waals surface area contributed by atoms with E-state index >= 15 is 0 Å². The van der Waals surface area contributed by atoms with Crippen LogP contribution in [-0.2, 0) is 13.0 Å². The number of nitrogens with zero attached hydrogens (tertiary/aromatic N) is 2. The minimum atomic E-state index is 0.384. The number of nitrogen functional groups attached to an aromatic ring is 1. The Bertz CT molecular complexity index is 558. The summed E-state index contributed by atoms with van der Waals surface area (Å²) in [7, 11) is 0. The van der Waals surface area contributed by atoms with Gasteiger partial charge in [-0.05, 0) is 33.5 Å². The van der Waals surface area contributed by atoms with E-state index < -0.39 is 0 Å². The summed E-state index contributed by atoms with van der Waals surface area (Å²) in [5.74, 6) is 6.40. The second kappa shape index (κ2) is 6.49. The zero-order valence-corrected chi connectivity index (χ0v) is 12.2. The van der Waals surface area contributed by atoms with Gasteiger partial charge in [-0.3, -0.25) is 5.43 Å². The van der Waals surface area contributed by atoms with Crippen LogP contribution in [0.1, 0.15) is 18.1 Å². The second-order valence-electron chi connectivity index (χ2n) is 4.01. The van der Waals surface area contributed by atoms with Crippen molar-refractivity contribution in [2.75, 3.05) is 10.7 Å². The molecule has 19 heavy (non-hydrogen) atoms. The summed E-state index contributed by atoms with van der Waals surface area (Å²) in [5, 5.41) is 3.29. The SMILES string of the molecule is CCc1ccccc1CNc1nc(NN)ncc1Br. The van der Waals surface area contributed by atoms with Crippen LogP contribution >= 0.6 is 15.9 Å². The molecule has 0 aliphatic rings. The topological polar surface area (TPSA) is 75.9 Å². The predicted octanol–water partition coefficient (Wildman–Crippen LogP) is 2.70. The van der Waals surface area contributed by atoms with E-state index in [1.807, 2.05) is 6.07 Å². The van der Waals surface area contributed by atoms with Crippen molar-refractivity contribution in [3.8, 4) is 0 Å². The predicted molar refractivity (Wildman–Crippen MR) is 80.7 cm³/mol. The highest BCUT2D eigenvalue weighted by atomic mass is 79.9. The number of nitrogens with one attached hydrogen (secondary N) is 2. The third-order valence-corrected chi connectivity index (χ3v) is 3.40. The van der Waals surface area contributed by atoms with Crippen LogP contribution < -0.4 is 16.6 Å². The quantitative estimate of drug-likeness (QED) is 0.583. The average molecular weight is 322 g/mol. The van der Waals surface area contributed by atoms with Gasteiger partial charge >= 0.3 is 0 Å². The number of halogens is 1. The summed E-state index contributed by atoms with van der Waals surface area (Å²) in [6, 6.07) is 8.35. The van der Waals surface area contributed by atoms with Crippen LogP contribution in [0.5, 0.6) is 0 Å². The van der Waals surface area contributed by atoms with Crippen molar-refractivity contribution in [2.45, 2.75) is 19.9 Å². The van der Waals surface area contributed by atoms with Gasteiger partial charge in [0.2, 0.25) is 5.95 Å². The highest BCUT2D eigenvalue weighted by Gasteiger charge is 2.05. The molecule has 5 nitrogen and oxygen atoms in total. The van der Waals surface area contributed by atoms with E-state index in [0.717, 1.165) is 10.9 Å².